The van der Waals surface area contributed by atoms with Crippen LogP contribution in [0.1, 0.15) is 32.8 Å². The molecule has 1 aromatic carbocycles. The number of hydrazine groups is 1. The van der Waals surface area contributed by atoms with Crippen molar-refractivity contribution in [3.05, 3.63) is 35.9 Å². The van der Waals surface area contributed by atoms with Gasteiger partial charge in [-0.2, -0.15) is 5.01 Å². The number of benzene rings is 1. The summed E-state index contributed by atoms with van der Waals surface area (Å²) in [5, 5.41) is 3.50. The Morgan fingerprint density at radius 1 is 1.23 bits per heavy atom. The molecule has 26 heavy (non-hydrogen) atoms. The zero-order chi connectivity index (χ0) is 18.9. The Kier molecular flexibility index (Phi) is 5.00. The molecule has 0 bridgehead atoms. The average Bonchev–Trinajstić information content (AvgIpc) is 2.79. The normalized spacial score (nSPS) is 31.7. The summed E-state index contributed by atoms with van der Waals surface area (Å²) in [5.41, 5.74) is 2.00. The SMILES string of the molecule is C[C@@H]1C[C@H](C)C[NH+](CC(=O)NN2C(=O)N[C@](C)(c3ccccc3)C2=O)C1. The third-order valence-corrected chi connectivity index (χ3v) is 5.27. The second-order valence-electron chi connectivity index (χ2n) is 7.88. The van der Waals surface area contributed by atoms with E-state index in [1.165, 1.54) is 11.3 Å². The highest BCUT2D eigenvalue weighted by molar-refractivity contribution is 6.08. The van der Waals surface area contributed by atoms with Crippen LogP contribution in [-0.2, 0) is 15.1 Å². The molecule has 4 atom stereocenters. The van der Waals surface area contributed by atoms with Crippen molar-refractivity contribution in [3.63, 3.8) is 0 Å². The van der Waals surface area contributed by atoms with E-state index < -0.39 is 17.5 Å². The number of hydrogen-bond donors (Lipinski definition) is 3. The number of likely N-dealkylation sites (tertiary alicyclic amines) is 1. The molecule has 0 radical (unpaired) electrons. The first-order chi connectivity index (χ1) is 12.3. The fourth-order valence-corrected chi connectivity index (χ4v) is 4.17. The minimum atomic E-state index is -1.17. The number of piperidine rings is 1. The van der Waals surface area contributed by atoms with E-state index in [0.717, 1.165) is 18.1 Å². The molecular formula is C19H27N4O3+. The maximum Gasteiger partial charge on any atom is 0.344 e. The summed E-state index contributed by atoms with van der Waals surface area (Å²) in [5.74, 6) is 0.346. The van der Waals surface area contributed by atoms with Gasteiger partial charge in [-0.3, -0.25) is 15.0 Å². The van der Waals surface area contributed by atoms with Crippen LogP contribution in [0.3, 0.4) is 0 Å². The summed E-state index contributed by atoms with van der Waals surface area (Å²) >= 11 is 0. The van der Waals surface area contributed by atoms with Gasteiger partial charge >= 0.3 is 6.03 Å². The lowest BCUT2D eigenvalue weighted by Gasteiger charge is -2.31. The molecule has 7 nitrogen and oxygen atoms in total. The fourth-order valence-electron chi connectivity index (χ4n) is 4.17. The molecule has 0 aromatic heterocycles. The Morgan fingerprint density at radius 3 is 2.46 bits per heavy atom. The van der Waals surface area contributed by atoms with Crippen LogP contribution < -0.4 is 15.6 Å². The van der Waals surface area contributed by atoms with Gasteiger partial charge in [-0.1, -0.05) is 44.2 Å². The van der Waals surface area contributed by atoms with Crippen molar-refractivity contribution in [2.75, 3.05) is 19.6 Å². The number of quaternary nitrogens is 1. The molecule has 140 valence electrons. The van der Waals surface area contributed by atoms with E-state index in [4.69, 9.17) is 0 Å². The molecule has 2 heterocycles. The van der Waals surface area contributed by atoms with E-state index >= 15 is 0 Å². The molecule has 3 N–H and O–H groups in total. The third-order valence-electron chi connectivity index (χ3n) is 5.27. The molecule has 4 amide bonds. The molecule has 1 aromatic rings. The molecule has 1 unspecified atom stereocenters. The smallest absolute Gasteiger partial charge is 0.327 e. The number of imide groups is 1. The van der Waals surface area contributed by atoms with Crippen LogP contribution >= 0.6 is 0 Å². The monoisotopic (exact) mass is 359 g/mol. The van der Waals surface area contributed by atoms with Crippen molar-refractivity contribution in [3.8, 4) is 0 Å². The Bertz CT molecular complexity index is 698. The Hall–Kier alpha value is -2.41. The van der Waals surface area contributed by atoms with Crippen LogP contribution in [0.4, 0.5) is 4.79 Å². The minimum Gasteiger partial charge on any atom is -0.327 e. The van der Waals surface area contributed by atoms with E-state index in [0.29, 0.717) is 17.4 Å². The lowest BCUT2D eigenvalue weighted by Crippen LogP contribution is -3.15. The quantitative estimate of drug-likeness (QED) is 0.664. The van der Waals surface area contributed by atoms with Gasteiger partial charge in [0.05, 0.1) is 13.1 Å². The number of nitrogens with zero attached hydrogens (tertiary/aromatic N) is 1. The molecule has 0 saturated carbocycles. The molecule has 2 fully saturated rings. The van der Waals surface area contributed by atoms with Gasteiger partial charge in [0, 0.05) is 11.8 Å². The number of hydrogen-bond acceptors (Lipinski definition) is 3. The van der Waals surface area contributed by atoms with Gasteiger partial charge < -0.3 is 10.2 Å². The van der Waals surface area contributed by atoms with E-state index in [1.54, 1.807) is 19.1 Å². The maximum absolute atomic E-state index is 12.8. The lowest BCUT2D eigenvalue weighted by molar-refractivity contribution is -0.904. The highest BCUT2D eigenvalue weighted by atomic mass is 16.2. The van der Waals surface area contributed by atoms with E-state index in [-0.39, 0.29) is 12.5 Å². The Morgan fingerprint density at radius 2 is 1.85 bits per heavy atom. The topological polar surface area (TPSA) is 82.9 Å². The largest absolute Gasteiger partial charge is 0.344 e. The van der Waals surface area contributed by atoms with Crippen LogP contribution in [0.2, 0.25) is 0 Å². The van der Waals surface area contributed by atoms with E-state index in [2.05, 4.69) is 24.6 Å². The summed E-state index contributed by atoms with van der Waals surface area (Å²) < 4.78 is 0. The van der Waals surface area contributed by atoms with E-state index in [9.17, 15) is 14.4 Å². The van der Waals surface area contributed by atoms with Crippen molar-refractivity contribution in [1.82, 2.24) is 15.8 Å². The van der Waals surface area contributed by atoms with Crippen molar-refractivity contribution in [2.45, 2.75) is 32.7 Å². The average molecular weight is 359 g/mol. The molecular weight excluding hydrogens is 332 g/mol. The standard InChI is InChI=1S/C19H26N4O3/c1-13-9-14(2)11-22(10-13)12-16(24)21-23-17(25)19(3,20-18(23)26)15-7-5-4-6-8-15/h4-8,13-14H,9-12H2,1-3H3,(H,20,26)(H,21,24)/p+1/t13-,14+,19-/m1/s1. The van der Waals surface area contributed by atoms with Gasteiger partial charge in [-0.25, -0.2) is 4.79 Å². The molecule has 7 heteroatoms. The van der Waals surface area contributed by atoms with Gasteiger partial charge in [0.15, 0.2) is 6.54 Å². The molecule has 2 aliphatic rings. The first kappa shape index (κ1) is 18.4. The fraction of sp³-hybridized carbons (Fsp3) is 0.526. The first-order valence-corrected chi connectivity index (χ1v) is 9.15. The molecule has 0 spiro atoms. The summed E-state index contributed by atoms with van der Waals surface area (Å²) in [6.45, 7) is 8.15. The highest BCUT2D eigenvalue weighted by Crippen LogP contribution is 2.27. The zero-order valence-electron chi connectivity index (χ0n) is 15.5. The number of nitrogens with one attached hydrogen (secondary N) is 3. The van der Waals surface area contributed by atoms with Crippen LogP contribution in [-0.4, -0.2) is 42.5 Å². The lowest BCUT2D eigenvalue weighted by atomic mass is 9.92. The molecule has 2 saturated heterocycles. The van der Waals surface area contributed by atoms with Gasteiger partial charge in [0.25, 0.3) is 11.8 Å². The van der Waals surface area contributed by atoms with Gasteiger partial charge in [-0.05, 0) is 18.9 Å². The third kappa shape index (κ3) is 3.58. The summed E-state index contributed by atoms with van der Waals surface area (Å²) in [7, 11) is 0. The van der Waals surface area contributed by atoms with Crippen LogP contribution in [0.25, 0.3) is 0 Å². The van der Waals surface area contributed by atoms with E-state index in [1.807, 2.05) is 18.2 Å². The summed E-state index contributed by atoms with van der Waals surface area (Å²) in [6, 6.07) is 8.42. The molecule has 3 rings (SSSR count). The van der Waals surface area contributed by atoms with Crippen LogP contribution in [0, 0.1) is 11.8 Å². The zero-order valence-corrected chi connectivity index (χ0v) is 15.5. The number of amides is 4. The van der Waals surface area contributed by atoms with Crippen molar-refractivity contribution in [2.24, 2.45) is 11.8 Å². The Labute approximate surface area is 153 Å². The predicted octanol–water partition coefficient (Wildman–Crippen LogP) is 0.0456. The van der Waals surface area contributed by atoms with Crippen molar-refractivity contribution >= 4 is 17.8 Å². The number of carbonyl (C=O) groups is 3. The maximum atomic E-state index is 12.8. The van der Waals surface area contributed by atoms with Gasteiger partial charge in [0.1, 0.15) is 5.54 Å². The van der Waals surface area contributed by atoms with Crippen LogP contribution in [0.5, 0.6) is 0 Å². The summed E-state index contributed by atoms with van der Waals surface area (Å²) in [6.07, 6.45) is 1.17. The van der Waals surface area contributed by atoms with Gasteiger partial charge in [0.2, 0.25) is 0 Å². The van der Waals surface area contributed by atoms with Crippen molar-refractivity contribution in [1.29, 1.82) is 0 Å². The minimum absolute atomic E-state index is 0.258. The predicted molar refractivity (Wildman–Crippen MR) is 95.8 cm³/mol. The highest BCUT2D eigenvalue weighted by Gasteiger charge is 2.50. The molecule has 2 aliphatic heterocycles. The van der Waals surface area contributed by atoms with Crippen LogP contribution in [0.15, 0.2) is 30.3 Å². The number of carbonyl (C=O) groups excluding carboxylic acids is 3. The number of urea groups is 1. The summed E-state index contributed by atoms with van der Waals surface area (Å²) in [4.78, 5) is 38.7. The van der Waals surface area contributed by atoms with Gasteiger partial charge in [-0.15, -0.1) is 0 Å². The second kappa shape index (κ2) is 7.07. The second-order valence-corrected chi connectivity index (χ2v) is 7.88. The molecule has 0 aliphatic carbocycles. The first-order valence-electron chi connectivity index (χ1n) is 9.15. The Balaban J connectivity index is 1.65. The number of rotatable bonds is 4. The van der Waals surface area contributed by atoms with Crippen molar-refractivity contribution < 1.29 is 19.3 Å².